The number of hydrogen-bond acceptors (Lipinski definition) is 4. The minimum absolute atomic E-state index is 0.0917. The Balaban J connectivity index is 2.30. The number of sulfonamides is 1. The summed E-state index contributed by atoms with van der Waals surface area (Å²) in [6.07, 6.45) is 0. The Morgan fingerprint density at radius 1 is 1.04 bits per heavy atom. The molecule has 2 aromatic rings. The third kappa shape index (κ3) is 3.96. The molecule has 0 saturated carbocycles. The van der Waals surface area contributed by atoms with E-state index in [1.54, 1.807) is 31.2 Å². The highest BCUT2D eigenvalue weighted by Gasteiger charge is 2.21. The zero-order chi connectivity index (χ0) is 17.0. The molecular formula is C16H18ClNO4S. The van der Waals surface area contributed by atoms with Gasteiger partial charge in [-0.2, -0.15) is 0 Å². The van der Waals surface area contributed by atoms with Crippen molar-refractivity contribution in [3.63, 3.8) is 0 Å². The Morgan fingerprint density at radius 3 is 2.30 bits per heavy atom. The fraction of sp³-hybridized carbons (Fsp3) is 0.250. The second kappa shape index (κ2) is 7.21. The molecule has 0 fully saturated rings. The first-order valence-electron chi connectivity index (χ1n) is 6.88. The minimum Gasteiger partial charge on any atom is -0.493 e. The van der Waals surface area contributed by atoms with Crippen LogP contribution in [0.1, 0.15) is 18.5 Å². The van der Waals surface area contributed by atoms with E-state index in [1.807, 2.05) is 6.07 Å². The molecule has 0 aliphatic heterocycles. The van der Waals surface area contributed by atoms with Crippen LogP contribution in [0.25, 0.3) is 0 Å². The van der Waals surface area contributed by atoms with Gasteiger partial charge < -0.3 is 9.47 Å². The fourth-order valence-electron chi connectivity index (χ4n) is 2.17. The third-order valence-corrected chi connectivity index (χ3v) is 5.25. The number of methoxy groups -OCH3 is 2. The maximum atomic E-state index is 12.5. The van der Waals surface area contributed by atoms with Crippen LogP contribution >= 0.6 is 11.6 Å². The average molecular weight is 356 g/mol. The molecule has 7 heteroatoms. The summed E-state index contributed by atoms with van der Waals surface area (Å²) in [7, 11) is -0.784. The maximum Gasteiger partial charge on any atom is 0.241 e. The largest absolute Gasteiger partial charge is 0.493 e. The van der Waals surface area contributed by atoms with Gasteiger partial charge in [0.2, 0.25) is 10.0 Å². The predicted octanol–water partition coefficient (Wildman–Crippen LogP) is 3.40. The molecule has 23 heavy (non-hydrogen) atoms. The summed E-state index contributed by atoms with van der Waals surface area (Å²) in [4.78, 5) is 0.0917. The molecule has 124 valence electrons. The molecule has 2 aromatic carbocycles. The van der Waals surface area contributed by atoms with Crippen molar-refractivity contribution >= 4 is 21.6 Å². The van der Waals surface area contributed by atoms with Gasteiger partial charge in [0.25, 0.3) is 0 Å². The van der Waals surface area contributed by atoms with Crippen LogP contribution in [0.2, 0.25) is 5.02 Å². The predicted molar refractivity (Wildman–Crippen MR) is 89.7 cm³/mol. The lowest BCUT2D eigenvalue weighted by molar-refractivity contribution is 0.354. The summed E-state index contributed by atoms with van der Waals surface area (Å²) in [5, 5.41) is 0.509. The van der Waals surface area contributed by atoms with Crippen molar-refractivity contribution in [2.24, 2.45) is 0 Å². The molecule has 5 nitrogen and oxygen atoms in total. The Kier molecular flexibility index (Phi) is 5.51. The van der Waals surface area contributed by atoms with Gasteiger partial charge in [-0.25, -0.2) is 13.1 Å². The Labute approximate surface area is 141 Å². The summed E-state index contributed by atoms with van der Waals surface area (Å²) in [5.74, 6) is 0.811. The molecule has 0 unspecified atom stereocenters. The molecule has 0 saturated heterocycles. The van der Waals surface area contributed by atoms with Crippen LogP contribution in [0.5, 0.6) is 11.5 Å². The van der Waals surface area contributed by atoms with E-state index in [0.717, 1.165) is 0 Å². The molecule has 0 radical (unpaired) electrons. The van der Waals surface area contributed by atoms with Crippen LogP contribution in [-0.2, 0) is 10.0 Å². The van der Waals surface area contributed by atoms with E-state index in [0.29, 0.717) is 22.1 Å². The highest BCUT2D eigenvalue weighted by Crippen LogP contribution is 2.30. The van der Waals surface area contributed by atoms with Gasteiger partial charge in [-0.05, 0) is 30.7 Å². The lowest BCUT2D eigenvalue weighted by Crippen LogP contribution is -2.27. The Morgan fingerprint density at radius 2 is 1.70 bits per heavy atom. The summed E-state index contributed by atoms with van der Waals surface area (Å²) in [6, 6.07) is 11.1. The van der Waals surface area contributed by atoms with Crippen molar-refractivity contribution in [3.8, 4) is 11.5 Å². The van der Waals surface area contributed by atoms with Crippen molar-refractivity contribution in [1.82, 2.24) is 4.72 Å². The van der Waals surface area contributed by atoms with Gasteiger partial charge in [-0.1, -0.05) is 29.8 Å². The molecule has 0 aliphatic carbocycles. The monoisotopic (exact) mass is 355 g/mol. The van der Waals surface area contributed by atoms with E-state index < -0.39 is 16.1 Å². The first-order chi connectivity index (χ1) is 10.9. The third-order valence-electron chi connectivity index (χ3n) is 3.37. The highest BCUT2D eigenvalue weighted by molar-refractivity contribution is 7.89. The molecule has 0 amide bonds. The zero-order valence-electron chi connectivity index (χ0n) is 13.0. The molecule has 1 atom stereocenters. The van der Waals surface area contributed by atoms with Crippen molar-refractivity contribution in [2.75, 3.05) is 14.2 Å². The van der Waals surface area contributed by atoms with Gasteiger partial charge in [-0.3, -0.25) is 0 Å². The normalized spacial score (nSPS) is 12.7. The molecule has 0 heterocycles. The van der Waals surface area contributed by atoms with Crippen LogP contribution in [0.4, 0.5) is 0 Å². The zero-order valence-corrected chi connectivity index (χ0v) is 14.6. The van der Waals surface area contributed by atoms with Crippen LogP contribution in [0.15, 0.2) is 47.4 Å². The molecule has 0 bridgehead atoms. The summed E-state index contributed by atoms with van der Waals surface area (Å²) in [5.41, 5.74) is 0.707. The van der Waals surface area contributed by atoms with Gasteiger partial charge in [0.1, 0.15) is 0 Å². The first-order valence-corrected chi connectivity index (χ1v) is 8.74. The maximum absolute atomic E-state index is 12.5. The minimum atomic E-state index is -3.73. The first kappa shape index (κ1) is 17.6. The van der Waals surface area contributed by atoms with Crippen LogP contribution in [0.3, 0.4) is 0 Å². The van der Waals surface area contributed by atoms with Gasteiger partial charge in [0.05, 0.1) is 19.1 Å². The van der Waals surface area contributed by atoms with Crippen LogP contribution in [0, 0.1) is 0 Å². The summed E-state index contributed by atoms with van der Waals surface area (Å²) >= 11 is 6.11. The molecule has 2 rings (SSSR count). The summed E-state index contributed by atoms with van der Waals surface area (Å²) in [6.45, 7) is 1.74. The molecule has 0 aliphatic rings. The summed E-state index contributed by atoms with van der Waals surface area (Å²) < 4.78 is 38.0. The lowest BCUT2D eigenvalue weighted by atomic mass is 10.1. The lowest BCUT2D eigenvalue weighted by Gasteiger charge is -2.16. The van der Waals surface area contributed by atoms with Crippen molar-refractivity contribution in [3.05, 3.63) is 53.1 Å². The van der Waals surface area contributed by atoms with E-state index in [4.69, 9.17) is 21.1 Å². The van der Waals surface area contributed by atoms with Crippen molar-refractivity contribution in [1.29, 1.82) is 0 Å². The Hall–Kier alpha value is -1.76. The van der Waals surface area contributed by atoms with E-state index >= 15 is 0 Å². The van der Waals surface area contributed by atoms with Gasteiger partial charge in [0.15, 0.2) is 11.5 Å². The molecule has 1 N–H and O–H groups in total. The number of ether oxygens (including phenoxy) is 2. The second-order valence-electron chi connectivity index (χ2n) is 4.88. The number of nitrogens with one attached hydrogen (secondary N) is 1. The number of hydrogen-bond donors (Lipinski definition) is 1. The fourth-order valence-corrected chi connectivity index (χ4v) is 3.71. The quantitative estimate of drug-likeness (QED) is 0.862. The van der Waals surface area contributed by atoms with Gasteiger partial charge in [-0.15, -0.1) is 0 Å². The van der Waals surface area contributed by atoms with E-state index in [9.17, 15) is 8.42 Å². The SMILES string of the molecule is COc1ccc(S(=O)(=O)N[C@@H](C)c2ccccc2Cl)cc1OC. The molecular weight excluding hydrogens is 338 g/mol. The van der Waals surface area contributed by atoms with Gasteiger partial charge >= 0.3 is 0 Å². The average Bonchev–Trinajstić information content (AvgIpc) is 2.54. The number of rotatable bonds is 6. The van der Waals surface area contributed by atoms with E-state index in [1.165, 1.54) is 26.4 Å². The standard InChI is InChI=1S/C16H18ClNO4S/c1-11(13-6-4-5-7-14(13)17)18-23(19,20)12-8-9-15(21-2)16(10-12)22-3/h4-11,18H,1-3H3/t11-/m0/s1. The molecule has 0 spiro atoms. The van der Waals surface area contributed by atoms with Crippen molar-refractivity contribution < 1.29 is 17.9 Å². The van der Waals surface area contributed by atoms with E-state index in [-0.39, 0.29) is 4.90 Å². The topological polar surface area (TPSA) is 64.6 Å². The van der Waals surface area contributed by atoms with Crippen LogP contribution in [-0.4, -0.2) is 22.6 Å². The number of benzene rings is 2. The number of halogens is 1. The van der Waals surface area contributed by atoms with Crippen molar-refractivity contribution in [2.45, 2.75) is 17.9 Å². The highest BCUT2D eigenvalue weighted by atomic mass is 35.5. The van der Waals surface area contributed by atoms with Crippen LogP contribution < -0.4 is 14.2 Å². The van der Waals surface area contributed by atoms with Gasteiger partial charge in [0, 0.05) is 17.1 Å². The Bertz CT molecular complexity index is 792. The molecule has 0 aromatic heterocycles. The van der Waals surface area contributed by atoms with E-state index in [2.05, 4.69) is 4.72 Å². The second-order valence-corrected chi connectivity index (χ2v) is 7.00. The smallest absolute Gasteiger partial charge is 0.241 e.